The molecule has 0 unspecified atom stereocenters. The molecular formula is C21H26N2O5. The average Bonchev–Trinajstić information content (AvgIpc) is 2.72. The molecule has 3 rings (SSSR count). The highest BCUT2D eigenvalue weighted by Gasteiger charge is 2.20. The highest BCUT2D eigenvalue weighted by Crippen LogP contribution is 2.31. The molecule has 0 spiro atoms. The lowest BCUT2D eigenvalue weighted by Gasteiger charge is -2.26. The number of ether oxygens (including phenoxy) is 4. The van der Waals surface area contributed by atoms with Crippen LogP contribution < -0.4 is 29.6 Å². The zero-order chi connectivity index (χ0) is 19.8. The van der Waals surface area contributed by atoms with Crippen LogP contribution in [0, 0.1) is 0 Å². The van der Waals surface area contributed by atoms with Crippen molar-refractivity contribution in [3.8, 4) is 23.0 Å². The summed E-state index contributed by atoms with van der Waals surface area (Å²) in [4.78, 5) is 11.5. The van der Waals surface area contributed by atoms with Gasteiger partial charge in [-0.25, -0.2) is 0 Å². The molecule has 1 amide bonds. The molecule has 1 aliphatic heterocycles. The highest BCUT2D eigenvalue weighted by atomic mass is 16.6. The Morgan fingerprint density at radius 3 is 2.79 bits per heavy atom. The third-order valence-corrected chi connectivity index (χ3v) is 4.23. The van der Waals surface area contributed by atoms with Gasteiger partial charge in [0.1, 0.15) is 12.7 Å². The van der Waals surface area contributed by atoms with Crippen LogP contribution >= 0.6 is 0 Å². The molecule has 2 N–H and O–H groups in total. The van der Waals surface area contributed by atoms with E-state index in [-0.39, 0.29) is 18.6 Å². The molecule has 0 fully saturated rings. The Hall–Kier alpha value is -2.93. The molecular weight excluding hydrogens is 360 g/mol. The van der Waals surface area contributed by atoms with Gasteiger partial charge >= 0.3 is 0 Å². The Bertz CT molecular complexity index is 796. The second-order valence-corrected chi connectivity index (χ2v) is 6.36. The van der Waals surface area contributed by atoms with E-state index in [9.17, 15) is 4.79 Å². The first kappa shape index (κ1) is 19.8. The van der Waals surface area contributed by atoms with Gasteiger partial charge in [0.15, 0.2) is 29.6 Å². The van der Waals surface area contributed by atoms with Crippen LogP contribution in [0.1, 0.15) is 12.5 Å². The minimum atomic E-state index is -0.161. The number of likely N-dealkylation sites (N-methyl/N-ethyl adjacent to an activating group) is 1. The van der Waals surface area contributed by atoms with Gasteiger partial charge in [-0.2, -0.15) is 0 Å². The Balaban J connectivity index is 1.49. The predicted molar refractivity (Wildman–Crippen MR) is 105 cm³/mol. The fourth-order valence-corrected chi connectivity index (χ4v) is 2.87. The van der Waals surface area contributed by atoms with Crippen molar-refractivity contribution in [2.24, 2.45) is 0 Å². The second kappa shape index (κ2) is 9.85. The average molecular weight is 386 g/mol. The topological polar surface area (TPSA) is 78.1 Å². The molecule has 28 heavy (non-hydrogen) atoms. The molecule has 150 valence electrons. The van der Waals surface area contributed by atoms with Crippen molar-refractivity contribution in [2.75, 3.05) is 33.4 Å². The molecule has 2 aromatic carbocycles. The number of carbonyl (C=O) groups excluding carboxylic acids is 1. The zero-order valence-electron chi connectivity index (χ0n) is 16.2. The smallest absolute Gasteiger partial charge is 0.257 e. The summed E-state index contributed by atoms with van der Waals surface area (Å²) < 4.78 is 22.6. The Labute approximate surface area is 164 Å². The van der Waals surface area contributed by atoms with E-state index in [0.29, 0.717) is 37.7 Å². The molecule has 1 heterocycles. The lowest BCUT2D eigenvalue weighted by molar-refractivity contribution is -0.123. The molecule has 7 nitrogen and oxygen atoms in total. The van der Waals surface area contributed by atoms with Crippen LogP contribution in [0.15, 0.2) is 42.5 Å². The van der Waals surface area contributed by atoms with Crippen LogP contribution in [0.25, 0.3) is 0 Å². The Kier molecular flexibility index (Phi) is 6.97. The molecule has 0 saturated heterocycles. The monoisotopic (exact) mass is 386 g/mol. The summed E-state index contributed by atoms with van der Waals surface area (Å²) in [6.07, 6.45) is -0.0449. The number of rotatable bonds is 9. The Morgan fingerprint density at radius 2 is 2.00 bits per heavy atom. The van der Waals surface area contributed by atoms with E-state index >= 15 is 0 Å². The summed E-state index contributed by atoms with van der Waals surface area (Å²) >= 11 is 0. The number of carbonyl (C=O) groups is 1. The predicted octanol–water partition coefficient (Wildman–Crippen LogP) is 2.14. The van der Waals surface area contributed by atoms with Crippen molar-refractivity contribution in [1.29, 1.82) is 0 Å². The SMILES string of the molecule is CCNC(=O)COc1ccc(CNC[C@@H]2COc3ccccc3O2)cc1OC. The number of para-hydroxylation sites is 2. The first-order valence-electron chi connectivity index (χ1n) is 9.35. The van der Waals surface area contributed by atoms with Crippen molar-refractivity contribution in [3.05, 3.63) is 48.0 Å². The van der Waals surface area contributed by atoms with Gasteiger partial charge in [0.25, 0.3) is 5.91 Å². The molecule has 0 radical (unpaired) electrons. The number of amides is 1. The molecule has 2 aromatic rings. The van der Waals surface area contributed by atoms with Gasteiger partial charge in [0.05, 0.1) is 7.11 Å². The van der Waals surface area contributed by atoms with Crippen LogP contribution in [0.4, 0.5) is 0 Å². The summed E-state index contributed by atoms with van der Waals surface area (Å²) in [6, 6.07) is 13.3. The number of methoxy groups -OCH3 is 1. The maximum atomic E-state index is 11.5. The lowest BCUT2D eigenvalue weighted by Crippen LogP contribution is -2.38. The van der Waals surface area contributed by atoms with E-state index in [1.54, 1.807) is 7.11 Å². The molecule has 7 heteroatoms. The maximum Gasteiger partial charge on any atom is 0.257 e. The third kappa shape index (κ3) is 5.29. The summed E-state index contributed by atoms with van der Waals surface area (Å²) in [5, 5.41) is 6.07. The van der Waals surface area contributed by atoms with Gasteiger partial charge in [-0.1, -0.05) is 18.2 Å². The molecule has 0 saturated carbocycles. The highest BCUT2D eigenvalue weighted by molar-refractivity contribution is 5.77. The quantitative estimate of drug-likeness (QED) is 0.688. The summed E-state index contributed by atoms with van der Waals surface area (Å²) in [6.45, 7) is 4.22. The van der Waals surface area contributed by atoms with E-state index in [1.165, 1.54) is 0 Å². The summed E-state index contributed by atoms with van der Waals surface area (Å²) in [5.41, 5.74) is 1.04. The van der Waals surface area contributed by atoms with Crippen molar-refractivity contribution < 1.29 is 23.7 Å². The molecule has 1 atom stereocenters. The maximum absolute atomic E-state index is 11.5. The number of fused-ring (bicyclic) bond motifs is 1. The van der Waals surface area contributed by atoms with Crippen molar-refractivity contribution in [3.63, 3.8) is 0 Å². The number of benzene rings is 2. The Morgan fingerprint density at radius 1 is 1.18 bits per heavy atom. The first-order chi connectivity index (χ1) is 13.7. The van der Waals surface area contributed by atoms with Crippen LogP contribution in [0.2, 0.25) is 0 Å². The van der Waals surface area contributed by atoms with Crippen LogP contribution in [-0.2, 0) is 11.3 Å². The molecule has 0 aliphatic carbocycles. The van der Waals surface area contributed by atoms with Gasteiger partial charge < -0.3 is 29.6 Å². The van der Waals surface area contributed by atoms with Crippen LogP contribution in [-0.4, -0.2) is 45.4 Å². The fraction of sp³-hybridized carbons (Fsp3) is 0.381. The van der Waals surface area contributed by atoms with Crippen LogP contribution in [0.3, 0.4) is 0 Å². The second-order valence-electron chi connectivity index (χ2n) is 6.36. The molecule has 1 aliphatic rings. The van der Waals surface area contributed by atoms with Gasteiger partial charge in [-0.3, -0.25) is 4.79 Å². The molecule has 0 bridgehead atoms. The van der Waals surface area contributed by atoms with E-state index in [4.69, 9.17) is 18.9 Å². The fourth-order valence-electron chi connectivity index (χ4n) is 2.87. The number of hydrogen-bond donors (Lipinski definition) is 2. The number of nitrogens with one attached hydrogen (secondary N) is 2. The minimum Gasteiger partial charge on any atom is -0.493 e. The van der Waals surface area contributed by atoms with Gasteiger partial charge in [-0.15, -0.1) is 0 Å². The van der Waals surface area contributed by atoms with E-state index < -0.39 is 0 Å². The number of hydrogen-bond acceptors (Lipinski definition) is 6. The first-order valence-corrected chi connectivity index (χ1v) is 9.35. The largest absolute Gasteiger partial charge is 0.493 e. The molecule has 0 aromatic heterocycles. The third-order valence-electron chi connectivity index (χ3n) is 4.23. The van der Waals surface area contributed by atoms with Gasteiger partial charge in [0.2, 0.25) is 0 Å². The lowest BCUT2D eigenvalue weighted by atomic mass is 10.2. The van der Waals surface area contributed by atoms with E-state index in [2.05, 4.69) is 10.6 Å². The minimum absolute atomic E-state index is 0.0394. The van der Waals surface area contributed by atoms with Gasteiger partial charge in [-0.05, 0) is 36.8 Å². The normalized spacial score (nSPS) is 15.0. The standard InChI is InChI=1S/C21H26N2O5/c1-3-23-21(24)14-27-18-9-8-15(10-20(18)25-2)11-22-12-16-13-26-17-6-4-5-7-19(17)28-16/h4-10,16,22H,3,11-14H2,1-2H3,(H,23,24)/t16-/m1/s1. The van der Waals surface area contributed by atoms with Crippen molar-refractivity contribution >= 4 is 5.91 Å². The zero-order valence-corrected chi connectivity index (χ0v) is 16.2. The van der Waals surface area contributed by atoms with E-state index in [1.807, 2.05) is 49.4 Å². The van der Waals surface area contributed by atoms with Crippen molar-refractivity contribution in [1.82, 2.24) is 10.6 Å². The van der Waals surface area contributed by atoms with E-state index in [0.717, 1.165) is 17.1 Å². The van der Waals surface area contributed by atoms with Crippen molar-refractivity contribution in [2.45, 2.75) is 19.6 Å². The van der Waals surface area contributed by atoms with Gasteiger partial charge in [0, 0.05) is 19.6 Å². The summed E-state index contributed by atoms with van der Waals surface area (Å²) in [7, 11) is 1.58. The van der Waals surface area contributed by atoms with Crippen LogP contribution in [0.5, 0.6) is 23.0 Å². The summed E-state index contributed by atoms with van der Waals surface area (Å²) in [5.74, 6) is 2.53.